The smallest absolute Gasteiger partial charge is 0.269 e. The summed E-state index contributed by atoms with van der Waals surface area (Å²) >= 11 is 0. The monoisotopic (exact) mass is 327 g/mol. The van der Waals surface area contributed by atoms with E-state index in [4.69, 9.17) is 4.74 Å². The average Bonchev–Trinajstić information content (AvgIpc) is 2.61. The van der Waals surface area contributed by atoms with Crippen molar-refractivity contribution in [1.29, 1.82) is 0 Å². The molecule has 1 amide bonds. The molecular weight excluding hydrogens is 302 g/mol. The average molecular weight is 327 g/mol. The van der Waals surface area contributed by atoms with Gasteiger partial charge in [0.05, 0.1) is 12.3 Å². The summed E-state index contributed by atoms with van der Waals surface area (Å²) in [5, 5.41) is 6.19. The second-order valence-corrected chi connectivity index (χ2v) is 5.45. The van der Waals surface area contributed by atoms with Crippen LogP contribution >= 0.6 is 0 Å². The molecule has 2 N–H and O–H groups in total. The zero-order valence-electron chi connectivity index (χ0n) is 14.3. The molecule has 0 aliphatic rings. The topological polar surface area (TPSA) is 63.2 Å². The number of ether oxygens (including phenoxy) is 1. The Labute approximate surface area is 143 Å². The first-order valence-corrected chi connectivity index (χ1v) is 8.47. The molecule has 5 heteroatoms. The number of nitrogens with zero attached hydrogens (tertiary/aromatic N) is 1. The van der Waals surface area contributed by atoms with E-state index in [0.29, 0.717) is 18.8 Å². The molecule has 0 bridgehead atoms. The fourth-order valence-corrected chi connectivity index (χ4v) is 2.31. The molecule has 24 heavy (non-hydrogen) atoms. The zero-order valence-corrected chi connectivity index (χ0v) is 14.3. The van der Waals surface area contributed by atoms with Gasteiger partial charge in [-0.1, -0.05) is 31.9 Å². The number of benzene rings is 1. The van der Waals surface area contributed by atoms with Crippen molar-refractivity contribution < 1.29 is 9.53 Å². The number of amides is 1. The van der Waals surface area contributed by atoms with Gasteiger partial charge < -0.3 is 15.4 Å². The number of anilines is 2. The highest BCUT2D eigenvalue weighted by Crippen LogP contribution is 2.27. The van der Waals surface area contributed by atoms with E-state index >= 15 is 0 Å². The van der Waals surface area contributed by atoms with Crippen LogP contribution in [0.15, 0.2) is 42.6 Å². The molecule has 0 spiro atoms. The Bertz CT molecular complexity index is 659. The van der Waals surface area contributed by atoms with Gasteiger partial charge in [0.1, 0.15) is 11.4 Å². The van der Waals surface area contributed by atoms with E-state index in [1.807, 2.05) is 37.3 Å². The van der Waals surface area contributed by atoms with Gasteiger partial charge in [-0.15, -0.1) is 0 Å². The number of carbonyl (C=O) groups is 1. The van der Waals surface area contributed by atoms with Crippen molar-refractivity contribution in [3.05, 3.63) is 48.3 Å². The van der Waals surface area contributed by atoms with Crippen LogP contribution in [0, 0.1) is 0 Å². The van der Waals surface area contributed by atoms with Gasteiger partial charge in [-0.25, -0.2) is 0 Å². The Morgan fingerprint density at radius 1 is 1.17 bits per heavy atom. The Kier molecular flexibility index (Phi) is 7.08. The molecule has 0 radical (unpaired) electrons. The van der Waals surface area contributed by atoms with Crippen molar-refractivity contribution in [2.45, 2.75) is 33.1 Å². The Morgan fingerprint density at radius 3 is 2.79 bits per heavy atom. The number of hydrogen-bond donors (Lipinski definition) is 2. The standard InChI is InChI=1S/C19H25N3O2/c1-3-5-8-12-21-19(23)17-14-15(11-13-20-17)22-16-9-6-7-10-18(16)24-4-2/h6-7,9-11,13-14H,3-5,8,12H2,1-2H3,(H,20,22)(H,21,23). The third-order valence-corrected chi connectivity index (χ3v) is 3.52. The fourth-order valence-electron chi connectivity index (χ4n) is 2.31. The maximum absolute atomic E-state index is 12.2. The highest BCUT2D eigenvalue weighted by atomic mass is 16.5. The molecular formula is C19H25N3O2. The number of rotatable bonds is 9. The molecule has 128 valence electrons. The number of para-hydroxylation sites is 2. The van der Waals surface area contributed by atoms with Crippen LogP contribution in [0.1, 0.15) is 43.6 Å². The summed E-state index contributed by atoms with van der Waals surface area (Å²) in [4.78, 5) is 16.3. The summed E-state index contributed by atoms with van der Waals surface area (Å²) in [7, 11) is 0. The largest absolute Gasteiger partial charge is 0.492 e. The van der Waals surface area contributed by atoms with Crippen LogP contribution in [0.5, 0.6) is 5.75 Å². The molecule has 2 aromatic rings. The highest BCUT2D eigenvalue weighted by molar-refractivity contribution is 5.93. The van der Waals surface area contributed by atoms with Crippen LogP contribution in [-0.4, -0.2) is 24.0 Å². The molecule has 2 rings (SSSR count). The molecule has 1 aromatic heterocycles. The number of carbonyl (C=O) groups excluding carboxylic acids is 1. The summed E-state index contributed by atoms with van der Waals surface area (Å²) < 4.78 is 5.61. The first kappa shape index (κ1) is 17.8. The predicted molar refractivity (Wildman–Crippen MR) is 97.0 cm³/mol. The fraction of sp³-hybridized carbons (Fsp3) is 0.368. The normalized spacial score (nSPS) is 10.2. The third-order valence-electron chi connectivity index (χ3n) is 3.52. The molecule has 0 saturated carbocycles. The summed E-state index contributed by atoms with van der Waals surface area (Å²) in [6, 6.07) is 11.3. The van der Waals surface area contributed by atoms with E-state index in [9.17, 15) is 4.79 Å². The number of unbranched alkanes of at least 4 members (excludes halogenated alkanes) is 2. The van der Waals surface area contributed by atoms with Crippen molar-refractivity contribution in [2.75, 3.05) is 18.5 Å². The minimum absolute atomic E-state index is 0.146. The molecule has 0 atom stereocenters. The third kappa shape index (κ3) is 5.26. The van der Waals surface area contributed by atoms with Crippen LogP contribution in [0.3, 0.4) is 0 Å². The highest BCUT2D eigenvalue weighted by Gasteiger charge is 2.08. The van der Waals surface area contributed by atoms with Crippen molar-refractivity contribution in [1.82, 2.24) is 10.3 Å². The van der Waals surface area contributed by atoms with Gasteiger partial charge >= 0.3 is 0 Å². The van der Waals surface area contributed by atoms with Crippen LogP contribution in [-0.2, 0) is 0 Å². The van der Waals surface area contributed by atoms with Gasteiger partial charge in [-0.2, -0.15) is 0 Å². The molecule has 0 saturated heterocycles. The summed E-state index contributed by atoms with van der Waals surface area (Å²) in [5.41, 5.74) is 2.07. The lowest BCUT2D eigenvalue weighted by Gasteiger charge is -2.12. The van der Waals surface area contributed by atoms with Crippen molar-refractivity contribution in [3.8, 4) is 5.75 Å². The van der Waals surface area contributed by atoms with Gasteiger partial charge in [0.2, 0.25) is 0 Å². The van der Waals surface area contributed by atoms with Crippen LogP contribution in [0.2, 0.25) is 0 Å². The van der Waals surface area contributed by atoms with Gasteiger partial charge in [0, 0.05) is 18.4 Å². The molecule has 0 unspecified atom stereocenters. The minimum Gasteiger partial charge on any atom is -0.492 e. The molecule has 1 heterocycles. The number of pyridine rings is 1. The first-order valence-electron chi connectivity index (χ1n) is 8.47. The molecule has 5 nitrogen and oxygen atoms in total. The van der Waals surface area contributed by atoms with E-state index in [-0.39, 0.29) is 5.91 Å². The van der Waals surface area contributed by atoms with E-state index in [0.717, 1.165) is 36.4 Å². The Morgan fingerprint density at radius 2 is 2.00 bits per heavy atom. The van der Waals surface area contributed by atoms with E-state index in [1.54, 1.807) is 12.3 Å². The van der Waals surface area contributed by atoms with Gasteiger partial charge in [0.15, 0.2) is 0 Å². The van der Waals surface area contributed by atoms with Crippen LogP contribution in [0.4, 0.5) is 11.4 Å². The second-order valence-electron chi connectivity index (χ2n) is 5.45. The van der Waals surface area contributed by atoms with E-state index in [2.05, 4.69) is 22.5 Å². The number of hydrogen-bond acceptors (Lipinski definition) is 4. The lowest BCUT2D eigenvalue weighted by atomic mass is 10.2. The van der Waals surface area contributed by atoms with Crippen molar-refractivity contribution >= 4 is 17.3 Å². The molecule has 1 aromatic carbocycles. The lowest BCUT2D eigenvalue weighted by Crippen LogP contribution is -2.25. The Hall–Kier alpha value is -2.56. The van der Waals surface area contributed by atoms with Gasteiger partial charge in [-0.3, -0.25) is 9.78 Å². The Balaban J connectivity index is 2.04. The molecule has 0 aliphatic carbocycles. The lowest BCUT2D eigenvalue weighted by molar-refractivity contribution is 0.0948. The van der Waals surface area contributed by atoms with Crippen molar-refractivity contribution in [3.63, 3.8) is 0 Å². The van der Waals surface area contributed by atoms with Gasteiger partial charge in [0.25, 0.3) is 5.91 Å². The summed E-state index contributed by atoms with van der Waals surface area (Å²) in [6.45, 7) is 5.36. The molecule has 0 aliphatic heterocycles. The predicted octanol–water partition coefficient (Wildman–Crippen LogP) is 4.14. The van der Waals surface area contributed by atoms with E-state index < -0.39 is 0 Å². The summed E-state index contributed by atoms with van der Waals surface area (Å²) in [6.07, 6.45) is 4.87. The zero-order chi connectivity index (χ0) is 17.2. The van der Waals surface area contributed by atoms with Crippen LogP contribution in [0.25, 0.3) is 0 Å². The minimum atomic E-state index is -0.146. The number of aromatic nitrogens is 1. The number of nitrogens with one attached hydrogen (secondary N) is 2. The first-order chi connectivity index (χ1) is 11.7. The summed E-state index contributed by atoms with van der Waals surface area (Å²) in [5.74, 6) is 0.634. The SMILES string of the molecule is CCCCCNC(=O)c1cc(Nc2ccccc2OCC)ccn1. The van der Waals surface area contributed by atoms with Crippen LogP contribution < -0.4 is 15.4 Å². The van der Waals surface area contributed by atoms with Crippen molar-refractivity contribution in [2.24, 2.45) is 0 Å². The molecule has 0 fully saturated rings. The van der Waals surface area contributed by atoms with E-state index in [1.165, 1.54) is 0 Å². The maximum Gasteiger partial charge on any atom is 0.269 e. The maximum atomic E-state index is 12.2. The quantitative estimate of drug-likeness (QED) is 0.679. The van der Waals surface area contributed by atoms with Gasteiger partial charge in [-0.05, 0) is 37.6 Å². The second kappa shape index (κ2) is 9.55.